The van der Waals surface area contributed by atoms with E-state index < -0.39 is 0 Å². The molecule has 3 aromatic carbocycles. The lowest BCUT2D eigenvalue weighted by molar-refractivity contribution is 1.40. The van der Waals surface area contributed by atoms with E-state index in [1.54, 1.807) is 0 Å². The minimum Gasteiger partial charge on any atom is -0.122 e. The van der Waals surface area contributed by atoms with Crippen LogP contribution in [0.25, 0.3) is 24.3 Å². The maximum Gasteiger partial charge on any atom is 0.0474 e. The van der Waals surface area contributed by atoms with Crippen LogP contribution in [0.4, 0.5) is 0 Å². The summed E-state index contributed by atoms with van der Waals surface area (Å²) in [7, 11) is 0. The van der Waals surface area contributed by atoms with E-state index in [1.165, 1.54) is 5.56 Å². The topological polar surface area (TPSA) is 0 Å². The minimum absolute atomic E-state index is 0.581. The largest absolute Gasteiger partial charge is 0.122 e. The molecule has 0 bridgehead atoms. The Bertz CT molecular complexity index is 814. The number of hydrogen-bond donors (Lipinski definition) is 0. The molecule has 0 N–H and O–H groups in total. The van der Waals surface area contributed by atoms with Gasteiger partial charge in [0.2, 0.25) is 0 Å². The van der Waals surface area contributed by atoms with Crippen LogP contribution >= 0.6 is 11.6 Å². The number of halogens is 1. The molecule has 0 aliphatic carbocycles. The van der Waals surface area contributed by atoms with Crippen molar-refractivity contribution in [1.29, 1.82) is 0 Å². The van der Waals surface area contributed by atoms with Crippen molar-refractivity contribution in [1.82, 2.24) is 0 Å². The summed E-state index contributed by atoms with van der Waals surface area (Å²) in [6.07, 6.45) is 7.30. The first-order chi connectivity index (χ1) is 13.7. The van der Waals surface area contributed by atoms with Crippen molar-refractivity contribution in [3.63, 3.8) is 0 Å². The fourth-order valence-electron chi connectivity index (χ4n) is 2.10. The summed E-state index contributed by atoms with van der Waals surface area (Å²) in [6, 6.07) is 26.1. The zero-order valence-electron chi connectivity index (χ0n) is 16.2. The highest BCUT2D eigenvalue weighted by Gasteiger charge is 1.87. The summed E-state index contributed by atoms with van der Waals surface area (Å²) in [5, 5.41) is 0. The number of alkyl halides is 1. The van der Waals surface area contributed by atoms with Crippen LogP contribution < -0.4 is 0 Å². The van der Waals surface area contributed by atoms with Gasteiger partial charge in [0.05, 0.1) is 0 Å². The fraction of sp³-hybridized carbons (Fsp3) is 0.0370. The van der Waals surface area contributed by atoms with Gasteiger partial charge < -0.3 is 0 Å². The smallest absolute Gasteiger partial charge is 0.0474 e. The van der Waals surface area contributed by atoms with Crippen LogP contribution in [0.3, 0.4) is 0 Å². The number of rotatable bonds is 5. The van der Waals surface area contributed by atoms with E-state index in [4.69, 9.17) is 11.6 Å². The van der Waals surface area contributed by atoms with E-state index in [-0.39, 0.29) is 0 Å². The third-order valence-corrected chi connectivity index (χ3v) is 4.12. The van der Waals surface area contributed by atoms with Gasteiger partial charge in [0.1, 0.15) is 0 Å². The lowest BCUT2D eigenvalue weighted by Gasteiger charge is -1.94. The van der Waals surface area contributed by atoms with Gasteiger partial charge in [0, 0.05) is 5.88 Å². The molecule has 0 spiro atoms. The molecule has 28 heavy (non-hydrogen) atoms. The molecule has 0 aliphatic rings. The molecule has 0 radical (unpaired) electrons. The second kappa shape index (κ2) is 14.0. The van der Waals surface area contributed by atoms with Crippen LogP contribution in [0.1, 0.15) is 27.8 Å². The first kappa shape index (κ1) is 23.0. The first-order valence-corrected chi connectivity index (χ1v) is 9.50. The summed E-state index contributed by atoms with van der Waals surface area (Å²) in [6.45, 7) is 14.6. The predicted octanol–water partition coefficient (Wildman–Crippen LogP) is 8.37. The molecule has 142 valence electrons. The van der Waals surface area contributed by atoms with E-state index in [1.807, 2.05) is 103 Å². The van der Waals surface area contributed by atoms with Crippen molar-refractivity contribution >= 4 is 35.9 Å². The normalized spacial score (nSPS) is 8.89. The zero-order valence-corrected chi connectivity index (χ0v) is 17.0. The standard InChI is InChI=1S/C10H10.C9H9Cl.C8H8/c1-3-9-5-7-10(4-2)8-6-9;1-2-8-3-5-9(7-10)6-4-8;1-2-8-6-4-3-5-7-8/h3-8H,1-2H2;2-6H,1,7H2;2-7H,1H2. The highest BCUT2D eigenvalue weighted by molar-refractivity contribution is 6.17. The average Bonchev–Trinajstić information content (AvgIpc) is 2.80. The summed E-state index contributed by atoms with van der Waals surface area (Å²) in [5.74, 6) is 0.581. The Balaban J connectivity index is 0.000000212. The van der Waals surface area contributed by atoms with Crippen molar-refractivity contribution in [3.05, 3.63) is 133 Å². The summed E-state index contributed by atoms with van der Waals surface area (Å²) >= 11 is 5.60. The molecule has 0 aliphatic heterocycles. The Kier molecular flexibility index (Phi) is 11.5. The molecule has 0 aromatic heterocycles. The number of hydrogen-bond acceptors (Lipinski definition) is 0. The lowest BCUT2D eigenvalue weighted by atomic mass is 10.1. The second-order valence-electron chi connectivity index (χ2n) is 5.77. The SMILES string of the molecule is C=Cc1ccc(C=C)cc1.C=Cc1ccc(CCl)cc1.C=Cc1ccccc1. The predicted molar refractivity (Wildman–Crippen MR) is 129 cm³/mol. The van der Waals surface area contributed by atoms with Crippen molar-refractivity contribution in [2.75, 3.05) is 0 Å². The van der Waals surface area contributed by atoms with Gasteiger partial charge in [-0.3, -0.25) is 0 Å². The zero-order chi connectivity index (χ0) is 20.6. The Morgan fingerprint density at radius 2 is 0.821 bits per heavy atom. The van der Waals surface area contributed by atoms with Crippen LogP contribution in [0.15, 0.2) is 105 Å². The fourth-order valence-corrected chi connectivity index (χ4v) is 2.28. The van der Waals surface area contributed by atoms with Crippen LogP contribution in [0.2, 0.25) is 0 Å². The summed E-state index contributed by atoms with van der Waals surface area (Å²) < 4.78 is 0. The quantitative estimate of drug-likeness (QED) is 0.386. The third kappa shape index (κ3) is 9.02. The average molecular weight is 387 g/mol. The molecule has 0 atom stereocenters. The number of benzene rings is 3. The monoisotopic (exact) mass is 386 g/mol. The van der Waals surface area contributed by atoms with E-state index >= 15 is 0 Å². The first-order valence-electron chi connectivity index (χ1n) is 8.96. The molecule has 1 heteroatoms. The van der Waals surface area contributed by atoms with Crippen LogP contribution in [0, 0.1) is 0 Å². The van der Waals surface area contributed by atoms with Gasteiger partial charge in [-0.25, -0.2) is 0 Å². The molecule has 3 aromatic rings. The molecule has 0 unspecified atom stereocenters. The molecular formula is C27H27Cl. The molecule has 0 fully saturated rings. The van der Waals surface area contributed by atoms with Gasteiger partial charge in [-0.15, -0.1) is 11.6 Å². The maximum atomic E-state index is 5.60. The van der Waals surface area contributed by atoms with Gasteiger partial charge >= 0.3 is 0 Å². The Labute approximate surface area is 174 Å². The Morgan fingerprint density at radius 3 is 1.11 bits per heavy atom. The molecule has 0 amide bonds. The van der Waals surface area contributed by atoms with Gasteiger partial charge in [0.25, 0.3) is 0 Å². The molecule has 0 saturated heterocycles. The molecule has 0 nitrogen and oxygen atoms in total. The maximum absolute atomic E-state index is 5.60. The third-order valence-electron chi connectivity index (χ3n) is 3.81. The van der Waals surface area contributed by atoms with Crippen LogP contribution in [0.5, 0.6) is 0 Å². The van der Waals surface area contributed by atoms with Crippen molar-refractivity contribution in [3.8, 4) is 0 Å². The van der Waals surface area contributed by atoms with Crippen LogP contribution in [-0.2, 0) is 5.88 Å². The molecule has 0 heterocycles. The summed E-state index contributed by atoms with van der Waals surface area (Å²) in [5.41, 5.74) is 5.74. The van der Waals surface area contributed by atoms with E-state index in [0.29, 0.717) is 5.88 Å². The Hall–Kier alpha value is -3.09. The molecule has 3 rings (SSSR count). The van der Waals surface area contributed by atoms with E-state index in [0.717, 1.165) is 22.3 Å². The Morgan fingerprint density at radius 1 is 0.500 bits per heavy atom. The van der Waals surface area contributed by atoms with E-state index in [9.17, 15) is 0 Å². The van der Waals surface area contributed by atoms with Crippen molar-refractivity contribution < 1.29 is 0 Å². The second-order valence-corrected chi connectivity index (χ2v) is 6.04. The highest BCUT2D eigenvalue weighted by Crippen LogP contribution is 2.07. The van der Waals surface area contributed by atoms with Gasteiger partial charge in [-0.05, 0) is 27.8 Å². The van der Waals surface area contributed by atoms with Gasteiger partial charge in [-0.2, -0.15) is 0 Å². The lowest BCUT2D eigenvalue weighted by Crippen LogP contribution is -1.76. The van der Waals surface area contributed by atoms with Crippen molar-refractivity contribution in [2.45, 2.75) is 5.88 Å². The van der Waals surface area contributed by atoms with Crippen LogP contribution in [-0.4, -0.2) is 0 Å². The highest BCUT2D eigenvalue weighted by atomic mass is 35.5. The minimum atomic E-state index is 0.581. The molecular weight excluding hydrogens is 360 g/mol. The van der Waals surface area contributed by atoms with E-state index in [2.05, 4.69) is 26.3 Å². The summed E-state index contributed by atoms with van der Waals surface area (Å²) in [4.78, 5) is 0. The molecule has 0 saturated carbocycles. The van der Waals surface area contributed by atoms with Crippen molar-refractivity contribution in [2.24, 2.45) is 0 Å². The van der Waals surface area contributed by atoms with Gasteiger partial charge in [-0.1, -0.05) is 129 Å². The van der Waals surface area contributed by atoms with Gasteiger partial charge in [0.15, 0.2) is 0 Å².